The van der Waals surface area contributed by atoms with Crippen molar-refractivity contribution < 1.29 is 17.9 Å². The van der Waals surface area contributed by atoms with Gasteiger partial charge in [0.05, 0.1) is 41.5 Å². The van der Waals surface area contributed by atoms with Crippen LogP contribution in [0.5, 0.6) is 5.75 Å². The van der Waals surface area contributed by atoms with Gasteiger partial charge < -0.3 is 4.74 Å². The van der Waals surface area contributed by atoms with Crippen LogP contribution in [0.2, 0.25) is 5.15 Å². The summed E-state index contributed by atoms with van der Waals surface area (Å²) in [4.78, 5) is 5.20. The lowest BCUT2D eigenvalue weighted by Crippen LogP contribution is -2.12. The van der Waals surface area contributed by atoms with E-state index in [2.05, 4.69) is 15.2 Å². The van der Waals surface area contributed by atoms with Gasteiger partial charge in [-0.3, -0.25) is 4.99 Å². The molecule has 0 aliphatic heterocycles. The van der Waals surface area contributed by atoms with Crippen LogP contribution >= 0.6 is 22.9 Å². The van der Waals surface area contributed by atoms with Gasteiger partial charge in [0, 0.05) is 17.5 Å². The molecule has 2 aromatic heterocycles. The number of nitrogens with zero attached hydrogens (tertiary/aromatic N) is 5. The van der Waals surface area contributed by atoms with E-state index < -0.39 is 11.7 Å². The standard InChI is InChI=1S/C24H21ClF3N5OS/c1-4-29-23-33(21(14-35-23)16-8-10-19(34-3)11-9-16)30-13-20-15(2)31-32(22(20)25)18-7-5-6-17(12-18)24(26,27)28/h5-14H,4H2,1-3H3. The number of methoxy groups -OCH3 is 1. The van der Waals surface area contributed by atoms with Gasteiger partial charge in [-0.1, -0.05) is 17.7 Å². The van der Waals surface area contributed by atoms with Crippen LogP contribution in [0.25, 0.3) is 16.9 Å². The predicted octanol–water partition coefficient (Wildman–Crippen LogP) is 6.19. The monoisotopic (exact) mass is 519 g/mol. The Labute approximate surface area is 208 Å². The molecular weight excluding hydrogens is 499 g/mol. The molecule has 0 N–H and O–H groups in total. The summed E-state index contributed by atoms with van der Waals surface area (Å²) in [6, 6.07) is 12.4. The van der Waals surface area contributed by atoms with Gasteiger partial charge >= 0.3 is 6.18 Å². The number of benzene rings is 2. The third-order valence-corrected chi connectivity index (χ3v) is 6.35. The number of thiazole rings is 1. The van der Waals surface area contributed by atoms with Gasteiger partial charge in [0.1, 0.15) is 10.9 Å². The molecule has 4 aromatic rings. The highest BCUT2D eigenvalue weighted by atomic mass is 35.5. The van der Waals surface area contributed by atoms with Crippen LogP contribution in [-0.4, -0.2) is 34.3 Å². The third kappa shape index (κ3) is 5.18. The van der Waals surface area contributed by atoms with Crippen molar-refractivity contribution in [1.82, 2.24) is 14.5 Å². The Morgan fingerprint density at radius 2 is 1.91 bits per heavy atom. The maximum absolute atomic E-state index is 13.2. The minimum absolute atomic E-state index is 0.154. The smallest absolute Gasteiger partial charge is 0.416 e. The topological polar surface area (TPSA) is 56.7 Å². The summed E-state index contributed by atoms with van der Waals surface area (Å²) in [5.74, 6) is 0.738. The van der Waals surface area contributed by atoms with Crippen molar-refractivity contribution in [1.29, 1.82) is 0 Å². The Morgan fingerprint density at radius 1 is 1.17 bits per heavy atom. The number of ether oxygens (including phenoxy) is 1. The van der Waals surface area contributed by atoms with E-state index in [1.54, 1.807) is 24.9 Å². The van der Waals surface area contributed by atoms with Crippen LogP contribution in [0.3, 0.4) is 0 Å². The summed E-state index contributed by atoms with van der Waals surface area (Å²) < 4.78 is 47.7. The highest BCUT2D eigenvalue weighted by Crippen LogP contribution is 2.31. The van der Waals surface area contributed by atoms with Gasteiger partial charge in [-0.25, -0.2) is 9.36 Å². The first-order chi connectivity index (χ1) is 16.7. The lowest BCUT2D eigenvalue weighted by molar-refractivity contribution is -0.137. The number of hydrogen-bond acceptors (Lipinski definition) is 5. The van der Waals surface area contributed by atoms with Crippen molar-refractivity contribution in [2.75, 3.05) is 13.7 Å². The van der Waals surface area contributed by atoms with Gasteiger partial charge in [-0.2, -0.15) is 23.4 Å². The summed E-state index contributed by atoms with van der Waals surface area (Å²) in [7, 11) is 1.61. The zero-order valence-electron chi connectivity index (χ0n) is 19.0. The molecule has 0 unspecified atom stereocenters. The highest BCUT2D eigenvalue weighted by molar-refractivity contribution is 7.07. The number of halogens is 4. The molecule has 0 amide bonds. The van der Waals surface area contributed by atoms with Gasteiger partial charge in [0.15, 0.2) is 0 Å². The summed E-state index contributed by atoms with van der Waals surface area (Å²) >= 11 is 7.99. The molecule has 0 fully saturated rings. The van der Waals surface area contributed by atoms with Gasteiger partial charge in [-0.15, -0.1) is 11.3 Å². The number of alkyl halides is 3. The Morgan fingerprint density at radius 3 is 2.57 bits per heavy atom. The molecule has 0 bridgehead atoms. The second kappa shape index (κ2) is 10.1. The summed E-state index contributed by atoms with van der Waals surface area (Å²) in [5, 5.41) is 11.1. The van der Waals surface area contributed by atoms with Crippen LogP contribution in [0, 0.1) is 6.92 Å². The molecule has 35 heavy (non-hydrogen) atoms. The number of hydrogen-bond donors (Lipinski definition) is 0. The lowest BCUT2D eigenvalue weighted by atomic mass is 10.2. The van der Waals surface area contributed by atoms with E-state index in [0.29, 0.717) is 22.6 Å². The maximum Gasteiger partial charge on any atom is 0.416 e. The molecule has 2 heterocycles. The third-order valence-electron chi connectivity index (χ3n) is 5.13. The van der Waals surface area contributed by atoms with E-state index in [0.717, 1.165) is 29.1 Å². The van der Waals surface area contributed by atoms with Crippen molar-refractivity contribution in [3.8, 4) is 22.7 Å². The Balaban J connectivity index is 1.75. The van der Waals surface area contributed by atoms with Crippen molar-refractivity contribution >= 4 is 29.2 Å². The van der Waals surface area contributed by atoms with Crippen LogP contribution in [0.15, 0.2) is 64.0 Å². The van der Waals surface area contributed by atoms with Crippen LogP contribution < -0.4 is 9.54 Å². The summed E-state index contributed by atoms with van der Waals surface area (Å²) in [6.45, 7) is 4.23. The van der Waals surface area contributed by atoms with Crippen molar-refractivity contribution in [2.24, 2.45) is 10.1 Å². The maximum atomic E-state index is 13.2. The van der Waals surface area contributed by atoms with Gasteiger partial charge in [0.2, 0.25) is 4.80 Å². The van der Waals surface area contributed by atoms with Crippen LogP contribution in [0.4, 0.5) is 13.2 Å². The molecule has 6 nitrogen and oxygen atoms in total. The SMILES string of the molecule is CCN=c1scc(-c2ccc(OC)cc2)n1N=Cc1c(C)nn(-c2cccc(C(F)(F)F)c2)c1Cl. The summed E-state index contributed by atoms with van der Waals surface area (Å²) in [6.07, 6.45) is -2.93. The van der Waals surface area contributed by atoms with Crippen molar-refractivity contribution in [3.05, 3.63) is 80.7 Å². The zero-order chi connectivity index (χ0) is 25.2. The Hall–Kier alpha value is -3.37. The Kier molecular flexibility index (Phi) is 7.13. The molecule has 0 saturated heterocycles. The lowest BCUT2D eigenvalue weighted by Gasteiger charge is -2.09. The van der Waals surface area contributed by atoms with E-state index in [1.807, 2.05) is 36.6 Å². The fourth-order valence-corrected chi connectivity index (χ4v) is 4.60. The number of aromatic nitrogens is 3. The normalized spacial score (nSPS) is 12.6. The number of rotatable bonds is 6. The first-order valence-corrected chi connectivity index (χ1v) is 11.8. The second-order valence-electron chi connectivity index (χ2n) is 7.41. The van der Waals surface area contributed by atoms with E-state index in [1.165, 1.54) is 28.2 Å². The predicted molar refractivity (Wildman–Crippen MR) is 132 cm³/mol. The largest absolute Gasteiger partial charge is 0.497 e. The fourth-order valence-electron chi connectivity index (χ4n) is 3.37. The molecular formula is C24H21ClF3N5OS. The molecule has 0 aliphatic rings. The van der Waals surface area contributed by atoms with E-state index in [4.69, 9.17) is 16.3 Å². The van der Waals surface area contributed by atoms with E-state index in [-0.39, 0.29) is 10.8 Å². The zero-order valence-corrected chi connectivity index (χ0v) is 20.6. The van der Waals surface area contributed by atoms with Crippen LogP contribution in [-0.2, 0) is 6.18 Å². The summed E-state index contributed by atoms with van der Waals surface area (Å²) in [5.41, 5.74) is 2.17. The van der Waals surface area contributed by atoms with Crippen molar-refractivity contribution in [2.45, 2.75) is 20.0 Å². The van der Waals surface area contributed by atoms with E-state index in [9.17, 15) is 13.2 Å². The van der Waals surface area contributed by atoms with E-state index >= 15 is 0 Å². The molecule has 11 heteroatoms. The number of aryl methyl sites for hydroxylation is 1. The molecule has 0 radical (unpaired) electrons. The highest BCUT2D eigenvalue weighted by Gasteiger charge is 2.30. The van der Waals surface area contributed by atoms with Gasteiger partial charge in [0.25, 0.3) is 0 Å². The average Bonchev–Trinajstić information content (AvgIpc) is 3.37. The minimum Gasteiger partial charge on any atom is -0.497 e. The average molecular weight is 520 g/mol. The first-order valence-electron chi connectivity index (χ1n) is 10.6. The molecule has 0 atom stereocenters. The molecule has 0 aliphatic carbocycles. The molecule has 4 rings (SSSR count). The van der Waals surface area contributed by atoms with Crippen molar-refractivity contribution in [3.63, 3.8) is 0 Å². The Bertz CT molecular complexity index is 1430. The molecule has 182 valence electrons. The van der Waals surface area contributed by atoms with Gasteiger partial charge in [-0.05, 0) is 56.3 Å². The molecule has 2 aromatic carbocycles. The fraction of sp³-hybridized carbons (Fsp3) is 0.208. The quantitative estimate of drug-likeness (QED) is 0.285. The molecule has 0 saturated carbocycles. The second-order valence-corrected chi connectivity index (χ2v) is 8.61. The first kappa shape index (κ1) is 24.7. The molecule has 0 spiro atoms. The minimum atomic E-state index is -4.47. The van der Waals surface area contributed by atoms with Crippen LogP contribution in [0.1, 0.15) is 23.7 Å².